The molecular formula is C16H17N3O3S. The zero-order valence-electron chi connectivity index (χ0n) is 13.2. The molecule has 1 amide bonds. The van der Waals surface area contributed by atoms with Crippen molar-refractivity contribution in [2.75, 3.05) is 11.9 Å². The Kier molecular flexibility index (Phi) is 4.29. The fourth-order valence-corrected chi connectivity index (χ4v) is 3.21. The van der Waals surface area contributed by atoms with Crippen LogP contribution in [0.4, 0.5) is 5.13 Å². The first-order chi connectivity index (χ1) is 11.1. The molecule has 2 heterocycles. The van der Waals surface area contributed by atoms with Gasteiger partial charge in [-0.1, -0.05) is 23.4 Å². The normalized spacial score (nSPS) is 10.9. The van der Waals surface area contributed by atoms with Crippen molar-refractivity contribution >= 4 is 32.6 Å². The number of anilines is 1. The van der Waals surface area contributed by atoms with Crippen LogP contribution in [0.5, 0.6) is 5.75 Å². The number of hydrogen-bond donors (Lipinski definition) is 1. The summed E-state index contributed by atoms with van der Waals surface area (Å²) in [4.78, 5) is 16.9. The van der Waals surface area contributed by atoms with Gasteiger partial charge in [0.2, 0.25) is 0 Å². The van der Waals surface area contributed by atoms with E-state index in [1.807, 2.05) is 32.0 Å². The van der Waals surface area contributed by atoms with Gasteiger partial charge in [0.15, 0.2) is 5.13 Å². The highest BCUT2D eigenvalue weighted by atomic mass is 32.1. The number of thiazole rings is 1. The average Bonchev–Trinajstić information content (AvgIpc) is 3.09. The molecular weight excluding hydrogens is 314 g/mol. The van der Waals surface area contributed by atoms with Crippen LogP contribution in [0.1, 0.15) is 35.7 Å². The van der Waals surface area contributed by atoms with Crippen molar-refractivity contribution in [1.29, 1.82) is 0 Å². The lowest BCUT2D eigenvalue weighted by Crippen LogP contribution is -2.14. The summed E-state index contributed by atoms with van der Waals surface area (Å²) in [5.41, 5.74) is 1.97. The summed E-state index contributed by atoms with van der Waals surface area (Å²) < 4.78 is 11.5. The van der Waals surface area contributed by atoms with Crippen molar-refractivity contribution < 1.29 is 14.1 Å². The fourth-order valence-electron chi connectivity index (χ4n) is 2.32. The van der Waals surface area contributed by atoms with E-state index in [0.29, 0.717) is 35.2 Å². The average molecular weight is 331 g/mol. The third kappa shape index (κ3) is 3.05. The van der Waals surface area contributed by atoms with Crippen molar-refractivity contribution in [1.82, 2.24) is 10.1 Å². The molecule has 0 spiro atoms. The highest BCUT2D eigenvalue weighted by Gasteiger charge is 2.20. The number of fused-ring (bicyclic) bond motifs is 1. The first-order valence-electron chi connectivity index (χ1n) is 7.42. The summed E-state index contributed by atoms with van der Waals surface area (Å²) in [7, 11) is 0. The number of benzene rings is 1. The maximum absolute atomic E-state index is 12.5. The Balaban J connectivity index is 1.86. The number of nitrogens with one attached hydrogen (secondary N) is 1. The van der Waals surface area contributed by atoms with E-state index < -0.39 is 0 Å². The number of aromatic nitrogens is 2. The lowest BCUT2D eigenvalue weighted by molar-refractivity contribution is 0.102. The molecule has 1 aromatic carbocycles. The molecule has 3 aromatic rings. The number of amides is 1. The Morgan fingerprint density at radius 3 is 2.96 bits per heavy atom. The second-order valence-corrected chi connectivity index (χ2v) is 5.98. The first kappa shape index (κ1) is 15.5. The van der Waals surface area contributed by atoms with Crippen LogP contribution in [-0.2, 0) is 6.42 Å². The number of ether oxygens (including phenoxy) is 1. The van der Waals surface area contributed by atoms with Gasteiger partial charge in [-0.2, -0.15) is 0 Å². The standard InChI is InChI=1S/C16H17N3O3S/c1-4-11-14(9(3)22-19-11)15(20)18-16-17-12-7-6-10(21-5-2)8-13(12)23-16/h6-8H,4-5H2,1-3H3,(H,17,18,20). The van der Waals surface area contributed by atoms with Crippen LogP contribution < -0.4 is 10.1 Å². The Bertz CT molecular complexity index is 853. The highest BCUT2D eigenvalue weighted by molar-refractivity contribution is 7.22. The Morgan fingerprint density at radius 2 is 2.22 bits per heavy atom. The van der Waals surface area contributed by atoms with Crippen LogP contribution in [0.15, 0.2) is 22.7 Å². The smallest absolute Gasteiger partial charge is 0.262 e. The number of rotatable bonds is 5. The van der Waals surface area contributed by atoms with Gasteiger partial charge >= 0.3 is 0 Å². The molecule has 3 rings (SSSR count). The van der Waals surface area contributed by atoms with Gasteiger partial charge in [0, 0.05) is 0 Å². The third-order valence-corrected chi connectivity index (χ3v) is 4.32. The second-order valence-electron chi connectivity index (χ2n) is 4.95. The molecule has 120 valence electrons. The highest BCUT2D eigenvalue weighted by Crippen LogP contribution is 2.30. The van der Waals surface area contributed by atoms with Crippen LogP contribution in [0.2, 0.25) is 0 Å². The van der Waals surface area contributed by atoms with E-state index >= 15 is 0 Å². The summed E-state index contributed by atoms with van der Waals surface area (Å²) in [5.74, 6) is 1.06. The largest absolute Gasteiger partial charge is 0.494 e. The van der Waals surface area contributed by atoms with Gasteiger partial charge in [-0.05, 0) is 38.5 Å². The molecule has 0 atom stereocenters. The van der Waals surface area contributed by atoms with Crippen molar-refractivity contribution in [3.05, 3.63) is 35.2 Å². The van der Waals surface area contributed by atoms with Crippen molar-refractivity contribution in [2.24, 2.45) is 0 Å². The summed E-state index contributed by atoms with van der Waals surface area (Å²) in [6.45, 7) is 6.21. The number of carbonyl (C=O) groups excluding carboxylic acids is 1. The van der Waals surface area contributed by atoms with Crippen molar-refractivity contribution in [3.8, 4) is 5.75 Å². The Morgan fingerprint density at radius 1 is 1.39 bits per heavy atom. The lowest BCUT2D eigenvalue weighted by atomic mass is 10.1. The lowest BCUT2D eigenvalue weighted by Gasteiger charge is -2.00. The van der Waals surface area contributed by atoms with Crippen molar-refractivity contribution in [2.45, 2.75) is 27.2 Å². The van der Waals surface area contributed by atoms with Crippen LogP contribution in [0, 0.1) is 6.92 Å². The van der Waals surface area contributed by atoms with Gasteiger partial charge < -0.3 is 9.26 Å². The zero-order valence-corrected chi connectivity index (χ0v) is 14.0. The van der Waals surface area contributed by atoms with E-state index in [0.717, 1.165) is 16.0 Å². The van der Waals surface area contributed by atoms with Crippen LogP contribution in [0.3, 0.4) is 0 Å². The summed E-state index contributed by atoms with van der Waals surface area (Å²) in [5, 5.41) is 7.27. The third-order valence-electron chi connectivity index (χ3n) is 3.39. The van der Waals surface area contributed by atoms with Crippen LogP contribution in [0.25, 0.3) is 10.2 Å². The number of hydrogen-bond acceptors (Lipinski definition) is 6. The van der Waals surface area contributed by atoms with Crippen LogP contribution >= 0.6 is 11.3 Å². The second kappa shape index (κ2) is 6.37. The minimum Gasteiger partial charge on any atom is -0.494 e. The summed E-state index contributed by atoms with van der Waals surface area (Å²) in [6, 6.07) is 5.68. The van der Waals surface area contributed by atoms with Crippen molar-refractivity contribution in [3.63, 3.8) is 0 Å². The molecule has 7 heteroatoms. The molecule has 0 saturated carbocycles. The molecule has 0 fully saturated rings. The van der Waals surface area contributed by atoms with Gasteiger partial charge in [-0.3, -0.25) is 10.1 Å². The van der Waals surface area contributed by atoms with Gasteiger partial charge in [0.25, 0.3) is 5.91 Å². The minimum absolute atomic E-state index is 0.246. The quantitative estimate of drug-likeness (QED) is 0.769. The molecule has 0 aliphatic rings. The molecule has 0 unspecified atom stereocenters. The topological polar surface area (TPSA) is 77.2 Å². The maximum atomic E-state index is 12.5. The van der Waals surface area contributed by atoms with Gasteiger partial charge in [0.05, 0.1) is 22.5 Å². The maximum Gasteiger partial charge on any atom is 0.262 e. The van der Waals surface area contributed by atoms with E-state index in [4.69, 9.17) is 9.26 Å². The number of aryl methyl sites for hydroxylation is 2. The predicted molar refractivity (Wildman–Crippen MR) is 89.4 cm³/mol. The van der Waals surface area contributed by atoms with Gasteiger partial charge in [-0.15, -0.1) is 0 Å². The predicted octanol–water partition coefficient (Wildman–Crippen LogP) is 3.81. The molecule has 0 radical (unpaired) electrons. The zero-order chi connectivity index (χ0) is 16.4. The summed E-state index contributed by atoms with van der Waals surface area (Å²) >= 11 is 1.41. The monoisotopic (exact) mass is 331 g/mol. The Labute approximate surface area is 137 Å². The number of nitrogens with zero attached hydrogens (tertiary/aromatic N) is 2. The molecule has 0 saturated heterocycles. The molecule has 2 aromatic heterocycles. The molecule has 23 heavy (non-hydrogen) atoms. The fraction of sp³-hybridized carbons (Fsp3) is 0.312. The first-order valence-corrected chi connectivity index (χ1v) is 8.23. The molecule has 0 aliphatic carbocycles. The molecule has 0 aliphatic heterocycles. The molecule has 6 nitrogen and oxygen atoms in total. The van der Waals surface area contributed by atoms with E-state index in [1.54, 1.807) is 6.92 Å². The van der Waals surface area contributed by atoms with E-state index in [9.17, 15) is 4.79 Å². The summed E-state index contributed by atoms with van der Waals surface area (Å²) in [6.07, 6.45) is 0.637. The van der Waals surface area contributed by atoms with E-state index in [1.165, 1.54) is 11.3 Å². The van der Waals surface area contributed by atoms with E-state index in [-0.39, 0.29) is 5.91 Å². The van der Waals surface area contributed by atoms with Crippen LogP contribution in [-0.4, -0.2) is 22.7 Å². The molecule has 0 bridgehead atoms. The number of carbonyl (C=O) groups is 1. The SMILES string of the molecule is CCOc1ccc2nc(NC(=O)c3c(CC)noc3C)sc2c1. The minimum atomic E-state index is -0.246. The Hall–Kier alpha value is -2.41. The van der Waals surface area contributed by atoms with Gasteiger partial charge in [-0.25, -0.2) is 4.98 Å². The molecule has 1 N–H and O–H groups in total. The van der Waals surface area contributed by atoms with Gasteiger partial charge in [0.1, 0.15) is 17.1 Å². The van der Waals surface area contributed by atoms with E-state index in [2.05, 4.69) is 15.5 Å².